The minimum Gasteiger partial charge on any atom is -0.486 e. The van der Waals surface area contributed by atoms with Crippen molar-refractivity contribution in [3.63, 3.8) is 0 Å². The lowest BCUT2D eigenvalue weighted by atomic mass is 10.3. The van der Waals surface area contributed by atoms with Gasteiger partial charge in [0.1, 0.15) is 24.2 Å². The number of nitrogens with zero attached hydrogens (tertiary/aromatic N) is 3. The summed E-state index contributed by atoms with van der Waals surface area (Å²) >= 11 is 3.39. The summed E-state index contributed by atoms with van der Waals surface area (Å²) in [6.07, 6.45) is 3.44. The Balaban J connectivity index is 1.44. The molecule has 7 nitrogen and oxygen atoms in total. The minimum absolute atomic E-state index is 0.160. The fraction of sp³-hybridized carbons (Fsp3) is 0.0952. The van der Waals surface area contributed by atoms with Crippen molar-refractivity contribution >= 4 is 21.8 Å². The monoisotopic (exact) mass is 450 g/mol. The highest BCUT2D eigenvalue weighted by Gasteiger charge is 2.17. The van der Waals surface area contributed by atoms with Crippen LogP contribution in [-0.2, 0) is 13.2 Å². The van der Waals surface area contributed by atoms with E-state index in [1.54, 1.807) is 24.5 Å². The molecule has 0 aliphatic carbocycles. The molecule has 0 fully saturated rings. The first-order chi connectivity index (χ1) is 14.2. The number of anilines is 1. The fourth-order valence-corrected chi connectivity index (χ4v) is 2.83. The number of rotatable bonds is 7. The molecule has 0 bridgehead atoms. The van der Waals surface area contributed by atoms with Crippen LogP contribution in [0.25, 0.3) is 11.7 Å². The predicted octanol–water partition coefficient (Wildman–Crippen LogP) is 5.15. The Bertz CT molecular complexity index is 1130. The zero-order chi connectivity index (χ0) is 20.1. The van der Waals surface area contributed by atoms with Gasteiger partial charge >= 0.3 is 0 Å². The van der Waals surface area contributed by atoms with E-state index in [-0.39, 0.29) is 24.1 Å². The summed E-state index contributed by atoms with van der Waals surface area (Å²) in [7, 11) is 0. The van der Waals surface area contributed by atoms with E-state index in [1.165, 1.54) is 0 Å². The van der Waals surface area contributed by atoms with Crippen molar-refractivity contribution in [2.45, 2.75) is 13.2 Å². The van der Waals surface area contributed by atoms with Crippen molar-refractivity contribution in [2.24, 2.45) is 0 Å². The number of halogens is 1. The summed E-state index contributed by atoms with van der Waals surface area (Å²) in [4.78, 5) is 8.27. The van der Waals surface area contributed by atoms with Crippen LogP contribution >= 0.6 is 15.9 Å². The number of oxazole rings is 1. The Morgan fingerprint density at radius 1 is 1.10 bits per heavy atom. The molecule has 4 aromatic rings. The van der Waals surface area contributed by atoms with E-state index in [4.69, 9.17) is 13.6 Å². The molecule has 0 radical (unpaired) electrons. The molecule has 1 N–H and O–H groups in total. The molecule has 0 amide bonds. The molecule has 4 rings (SSSR count). The zero-order valence-electron chi connectivity index (χ0n) is 15.1. The van der Waals surface area contributed by atoms with Crippen LogP contribution in [0.1, 0.15) is 17.0 Å². The largest absolute Gasteiger partial charge is 0.486 e. The van der Waals surface area contributed by atoms with Crippen LogP contribution in [0.3, 0.4) is 0 Å². The number of hydrogen-bond acceptors (Lipinski definition) is 7. The third-order valence-corrected chi connectivity index (χ3v) is 4.50. The first-order valence-electron chi connectivity index (χ1n) is 8.72. The van der Waals surface area contributed by atoms with Crippen molar-refractivity contribution in [2.75, 3.05) is 5.32 Å². The second-order valence-electron chi connectivity index (χ2n) is 6.03. The van der Waals surface area contributed by atoms with E-state index in [2.05, 4.69) is 31.2 Å². The molecule has 0 saturated heterocycles. The van der Waals surface area contributed by atoms with E-state index in [0.717, 1.165) is 15.8 Å². The SMILES string of the molecule is N#Cc1nc(-c2ccc(COc3ccc(Br)cc3)o2)oc1NCc1cccnc1. The molecule has 0 atom stereocenters. The van der Waals surface area contributed by atoms with Crippen LogP contribution in [0.5, 0.6) is 5.75 Å². The number of hydrogen-bond donors (Lipinski definition) is 1. The molecular weight excluding hydrogens is 436 g/mol. The summed E-state index contributed by atoms with van der Waals surface area (Å²) < 4.78 is 18.1. The van der Waals surface area contributed by atoms with Gasteiger partial charge in [-0.25, -0.2) is 0 Å². The number of pyridine rings is 1. The standard InChI is InChI=1S/C21H15BrN4O3/c22-15-3-5-16(6-4-15)27-13-17-7-8-19(28-17)21-26-18(10-23)20(29-21)25-12-14-2-1-9-24-11-14/h1-9,11,25H,12-13H2. The molecule has 144 valence electrons. The quantitative estimate of drug-likeness (QED) is 0.415. The van der Waals surface area contributed by atoms with E-state index in [1.807, 2.05) is 42.5 Å². The summed E-state index contributed by atoms with van der Waals surface area (Å²) in [6.45, 7) is 0.723. The van der Waals surface area contributed by atoms with Crippen molar-refractivity contribution < 1.29 is 13.6 Å². The average Bonchev–Trinajstić information content (AvgIpc) is 3.39. The van der Waals surface area contributed by atoms with Crippen LogP contribution in [0, 0.1) is 11.3 Å². The lowest BCUT2D eigenvalue weighted by Crippen LogP contribution is -1.99. The van der Waals surface area contributed by atoms with Crippen molar-refractivity contribution in [3.8, 4) is 23.5 Å². The molecular formula is C21H15BrN4O3. The maximum absolute atomic E-state index is 9.33. The Labute approximate surface area is 175 Å². The average molecular weight is 451 g/mol. The number of aromatic nitrogens is 2. The third-order valence-electron chi connectivity index (χ3n) is 3.98. The molecule has 8 heteroatoms. The van der Waals surface area contributed by atoms with Crippen LogP contribution < -0.4 is 10.1 Å². The van der Waals surface area contributed by atoms with E-state index in [0.29, 0.717) is 18.1 Å². The third kappa shape index (κ3) is 4.65. The van der Waals surface area contributed by atoms with Gasteiger partial charge in [0.2, 0.25) is 11.6 Å². The maximum Gasteiger partial charge on any atom is 0.266 e. The van der Waals surface area contributed by atoms with Gasteiger partial charge in [-0.15, -0.1) is 0 Å². The number of furan rings is 1. The fourth-order valence-electron chi connectivity index (χ4n) is 2.56. The first-order valence-corrected chi connectivity index (χ1v) is 9.52. The normalized spacial score (nSPS) is 10.5. The molecule has 0 unspecified atom stereocenters. The summed E-state index contributed by atoms with van der Waals surface area (Å²) in [5.74, 6) is 2.28. The highest BCUT2D eigenvalue weighted by molar-refractivity contribution is 9.10. The van der Waals surface area contributed by atoms with Gasteiger partial charge in [-0.1, -0.05) is 22.0 Å². The maximum atomic E-state index is 9.33. The summed E-state index contributed by atoms with van der Waals surface area (Å²) in [5.41, 5.74) is 1.12. The smallest absolute Gasteiger partial charge is 0.266 e. The molecule has 0 saturated carbocycles. The summed E-state index contributed by atoms with van der Waals surface area (Å²) in [6, 6.07) is 16.8. The Morgan fingerprint density at radius 2 is 1.97 bits per heavy atom. The lowest BCUT2D eigenvalue weighted by Gasteiger charge is -2.03. The van der Waals surface area contributed by atoms with Gasteiger partial charge in [-0.05, 0) is 48.0 Å². The first kappa shape index (κ1) is 18.8. The number of ether oxygens (including phenoxy) is 1. The number of nitriles is 1. The van der Waals surface area contributed by atoms with Gasteiger partial charge in [0, 0.05) is 23.4 Å². The minimum atomic E-state index is 0.160. The number of nitrogens with one attached hydrogen (secondary N) is 1. The van der Waals surface area contributed by atoms with Crippen LogP contribution in [0.15, 0.2) is 74.2 Å². The van der Waals surface area contributed by atoms with Crippen molar-refractivity contribution in [3.05, 3.63) is 82.4 Å². The molecule has 29 heavy (non-hydrogen) atoms. The molecule has 3 heterocycles. The van der Waals surface area contributed by atoms with Crippen molar-refractivity contribution in [1.29, 1.82) is 5.26 Å². The zero-order valence-corrected chi connectivity index (χ0v) is 16.7. The number of benzene rings is 1. The Kier molecular flexibility index (Phi) is 5.59. The van der Waals surface area contributed by atoms with Gasteiger partial charge in [0.25, 0.3) is 5.89 Å². The second kappa shape index (κ2) is 8.63. The van der Waals surface area contributed by atoms with Crippen molar-refractivity contribution in [1.82, 2.24) is 9.97 Å². The molecule has 0 spiro atoms. The summed E-state index contributed by atoms with van der Waals surface area (Å²) in [5, 5.41) is 12.4. The second-order valence-corrected chi connectivity index (χ2v) is 6.95. The van der Waals surface area contributed by atoms with Crippen LogP contribution in [0.2, 0.25) is 0 Å². The van der Waals surface area contributed by atoms with Gasteiger partial charge in [0.05, 0.1) is 0 Å². The Hall–Kier alpha value is -3.57. The molecule has 3 aromatic heterocycles. The lowest BCUT2D eigenvalue weighted by molar-refractivity contribution is 0.271. The van der Waals surface area contributed by atoms with Crippen LogP contribution in [0.4, 0.5) is 5.88 Å². The topological polar surface area (TPSA) is 97.1 Å². The van der Waals surface area contributed by atoms with E-state index >= 15 is 0 Å². The van der Waals surface area contributed by atoms with Gasteiger partial charge < -0.3 is 18.9 Å². The van der Waals surface area contributed by atoms with Gasteiger partial charge in [-0.3, -0.25) is 4.98 Å². The highest BCUT2D eigenvalue weighted by atomic mass is 79.9. The predicted molar refractivity (Wildman–Crippen MR) is 109 cm³/mol. The van der Waals surface area contributed by atoms with Gasteiger partial charge in [-0.2, -0.15) is 10.2 Å². The highest BCUT2D eigenvalue weighted by Crippen LogP contribution is 2.28. The molecule has 0 aliphatic rings. The Morgan fingerprint density at radius 3 is 2.72 bits per heavy atom. The van der Waals surface area contributed by atoms with E-state index < -0.39 is 0 Å². The van der Waals surface area contributed by atoms with E-state index in [9.17, 15) is 5.26 Å². The van der Waals surface area contributed by atoms with Crippen LogP contribution in [-0.4, -0.2) is 9.97 Å². The molecule has 0 aliphatic heterocycles. The molecule has 1 aromatic carbocycles. The van der Waals surface area contributed by atoms with Gasteiger partial charge in [0.15, 0.2) is 5.76 Å².